The van der Waals surface area contributed by atoms with Gasteiger partial charge in [-0.15, -0.1) is 0 Å². The van der Waals surface area contributed by atoms with Crippen molar-refractivity contribution in [3.05, 3.63) is 48.0 Å². The van der Waals surface area contributed by atoms with Gasteiger partial charge in [0.1, 0.15) is 0 Å². The highest BCUT2D eigenvalue weighted by Gasteiger charge is 2.20. The number of nitrogens with one attached hydrogen (secondary N) is 1. The maximum atomic E-state index is 11.9. The summed E-state index contributed by atoms with van der Waals surface area (Å²) in [4.78, 5) is 14.4. The van der Waals surface area contributed by atoms with Crippen LogP contribution in [0.5, 0.6) is 0 Å². The number of amides is 1. The summed E-state index contributed by atoms with van der Waals surface area (Å²) in [6.07, 6.45) is 6.95. The second kappa shape index (κ2) is 8.74. The van der Waals surface area contributed by atoms with Crippen LogP contribution < -0.4 is 5.32 Å². The number of likely N-dealkylation sites (tertiary alicyclic amines) is 1. The fourth-order valence-corrected chi connectivity index (χ4v) is 2.84. The van der Waals surface area contributed by atoms with Crippen molar-refractivity contribution in [3.8, 4) is 0 Å². The van der Waals surface area contributed by atoms with Crippen LogP contribution in [-0.4, -0.2) is 36.5 Å². The first-order valence-electron chi connectivity index (χ1n) is 8.38. The van der Waals surface area contributed by atoms with Crippen LogP contribution in [0.4, 0.5) is 0 Å². The molecular weight excluding hydrogens is 272 g/mol. The molecule has 1 atom stereocenters. The van der Waals surface area contributed by atoms with E-state index in [1.807, 2.05) is 6.08 Å². The Hall–Kier alpha value is -1.61. The molecule has 0 saturated carbocycles. The van der Waals surface area contributed by atoms with Gasteiger partial charge < -0.3 is 10.2 Å². The normalized spacial score (nSPS) is 19.7. The van der Waals surface area contributed by atoms with Gasteiger partial charge in [-0.25, -0.2) is 0 Å². The largest absolute Gasteiger partial charge is 0.349 e. The number of nitrogens with zero attached hydrogens (tertiary/aromatic N) is 1. The lowest BCUT2D eigenvalue weighted by atomic mass is 10.0. The Morgan fingerprint density at radius 1 is 1.36 bits per heavy atom. The quantitative estimate of drug-likeness (QED) is 0.819. The van der Waals surface area contributed by atoms with Crippen LogP contribution in [-0.2, 0) is 11.2 Å². The van der Waals surface area contributed by atoms with Gasteiger partial charge in [0.05, 0.1) is 0 Å². The van der Waals surface area contributed by atoms with Crippen LogP contribution in [0.2, 0.25) is 0 Å². The molecule has 2 rings (SSSR count). The molecule has 0 spiro atoms. The molecule has 0 bridgehead atoms. The molecule has 22 heavy (non-hydrogen) atoms. The predicted molar refractivity (Wildman–Crippen MR) is 91.7 cm³/mol. The number of carbonyl (C=O) groups is 1. The van der Waals surface area contributed by atoms with Crippen molar-refractivity contribution in [2.45, 2.75) is 39.2 Å². The first-order valence-corrected chi connectivity index (χ1v) is 8.38. The van der Waals surface area contributed by atoms with Crippen LogP contribution in [0.1, 0.15) is 32.3 Å². The van der Waals surface area contributed by atoms with Crippen molar-refractivity contribution in [3.63, 3.8) is 0 Å². The maximum Gasteiger partial charge on any atom is 0.243 e. The zero-order valence-electron chi connectivity index (χ0n) is 13.8. The number of hydrogen-bond acceptors (Lipinski definition) is 2. The molecular formula is C19H28N2O. The third-order valence-electron chi connectivity index (χ3n) is 4.04. The molecule has 0 aromatic heterocycles. The van der Waals surface area contributed by atoms with Crippen molar-refractivity contribution < 1.29 is 4.79 Å². The summed E-state index contributed by atoms with van der Waals surface area (Å²) in [6.45, 7) is 7.33. The van der Waals surface area contributed by atoms with Gasteiger partial charge in [0, 0.05) is 19.1 Å². The van der Waals surface area contributed by atoms with Crippen LogP contribution in [0, 0.1) is 5.92 Å². The van der Waals surface area contributed by atoms with Gasteiger partial charge in [-0.1, -0.05) is 50.3 Å². The standard InChI is InChI=1S/C19H28N2O/c1-16(2)10-11-19(22)20-18-9-6-13-21(15-18)14-12-17-7-4-3-5-8-17/h3-5,7-8,10-11,16,18H,6,9,12-15H2,1-2H3,(H,20,22)/b11-10+/t18-/m0/s1. The third kappa shape index (κ3) is 6.02. The summed E-state index contributed by atoms with van der Waals surface area (Å²) in [5.41, 5.74) is 1.38. The highest BCUT2D eigenvalue weighted by atomic mass is 16.1. The number of rotatable bonds is 6. The average Bonchev–Trinajstić information content (AvgIpc) is 2.52. The van der Waals surface area contributed by atoms with E-state index in [0.717, 1.165) is 38.9 Å². The second-order valence-corrected chi connectivity index (χ2v) is 6.49. The molecule has 1 amide bonds. The van der Waals surface area contributed by atoms with E-state index in [-0.39, 0.29) is 11.9 Å². The van der Waals surface area contributed by atoms with Crippen molar-refractivity contribution in [2.75, 3.05) is 19.6 Å². The van der Waals surface area contributed by atoms with Gasteiger partial charge in [-0.05, 0) is 43.4 Å². The van der Waals surface area contributed by atoms with Crippen molar-refractivity contribution in [2.24, 2.45) is 5.92 Å². The Morgan fingerprint density at radius 3 is 2.86 bits per heavy atom. The van der Waals surface area contributed by atoms with E-state index >= 15 is 0 Å². The molecule has 1 heterocycles. The molecule has 3 heteroatoms. The molecule has 1 aromatic carbocycles. The Balaban J connectivity index is 1.75. The van der Waals surface area contributed by atoms with E-state index in [2.05, 4.69) is 54.4 Å². The lowest BCUT2D eigenvalue weighted by Crippen LogP contribution is -2.47. The Morgan fingerprint density at radius 2 is 2.14 bits per heavy atom. The number of allylic oxidation sites excluding steroid dienone is 1. The average molecular weight is 300 g/mol. The summed E-state index contributed by atoms with van der Waals surface area (Å²) in [6, 6.07) is 10.9. The molecule has 0 radical (unpaired) electrons. The molecule has 1 aliphatic heterocycles. The van der Waals surface area contributed by atoms with Gasteiger partial charge in [0.25, 0.3) is 0 Å². The summed E-state index contributed by atoms with van der Waals surface area (Å²) in [5.74, 6) is 0.461. The first kappa shape index (κ1) is 16.8. The summed E-state index contributed by atoms with van der Waals surface area (Å²) in [7, 11) is 0. The van der Waals surface area contributed by atoms with E-state index < -0.39 is 0 Å². The van der Waals surface area contributed by atoms with Gasteiger partial charge in [0.15, 0.2) is 0 Å². The van der Waals surface area contributed by atoms with Crippen LogP contribution in [0.25, 0.3) is 0 Å². The minimum Gasteiger partial charge on any atom is -0.349 e. The molecule has 3 nitrogen and oxygen atoms in total. The van der Waals surface area contributed by atoms with E-state index in [0.29, 0.717) is 5.92 Å². The zero-order valence-corrected chi connectivity index (χ0v) is 13.8. The van der Waals surface area contributed by atoms with E-state index in [1.165, 1.54) is 5.56 Å². The third-order valence-corrected chi connectivity index (χ3v) is 4.04. The van der Waals surface area contributed by atoms with Crippen molar-refractivity contribution in [1.29, 1.82) is 0 Å². The zero-order chi connectivity index (χ0) is 15.8. The molecule has 0 unspecified atom stereocenters. The highest BCUT2D eigenvalue weighted by Crippen LogP contribution is 2.11. The van der Waals surface area contributed by atoms with Gasteiger partial charge >= 0.3 is 0 Å². The maximum absolute atomic E-state index is 11.9. The van der Waals surface area contributed by atoms with Crippen molar-refractivity contribution >= 4 is 5.91 Å². The predicted octanol–water partition coefficient (Wildman–Crippen LogP) is 3.02. The lowest BCUT2D eigenvalue weighted by Gasteiger charge is -2.33. The fraction of sp³-hybridized carbons (Fsp3) is 0.526. The monoisotopic (exact) mass is 300 g/mol. The van der Waals surface area contributed by atoms with Gasteiger partial charge in [0.2, 0.25) is 5.91 Å². The Kier molecular flexibility index (Phi) is 6.66. The molecule has 0 aliphatic carbocycles. The van der Waals surface area contributed by atoms with E-state index in [9.17, 15) is 4.79 Å². The number of piperidine rings is 1. The fourth-order valence-electron chi connectivity index (χ4n) is 2.84. The van der Waals surface area contributed by atoms with Crippen LogP contribution in [0.15, 0.2) is 42.5 Å². The topological polar surface area (TPSA) is 32.3 Å². The van der Waals surface area contributed by atoms with Crippen molar-refractivity contribution in [1.82, 2.24) is 10.2 Å². The molecule has 1 N–H and O–H groups in total. The van der Waals surface area contributed by atoms with Gasteiger partial charge in [-0.2, -0.15) is 0 Å². The van der Waals surface area contributed by atoms with Gasteiger partial charge in [-0.3, -0.25) is 4.79 Å². The highest BCUT2D eigenvalue weighted by molar-refractivity contribution is 5.87. The molecule has 1 aromatic rings. The number of benzene rings is 1. The molecule has 1 aliphatic rings. The number of carbonyl (C=O) groups excluding carboxylic acids is 1. The van der Waals surface area contributed by atoms with Crippen LogP contribution >= 0.6 is 0 Å². The summed E-state index contributed by atoms with van der Waals surface area (Å²) >= 11 is 0. The van der Waals surface area contributed by atoms with E-state index in [4.69, 9.17) is 0 Å². The second-order valence-electron chi connectivity index (χ2n) is 6.49. The molecule has 1 fully saturated rings. The molecule has 1 saturated heterocycles. The summed E-state index contributed by atoms with van der Waals surface area (Å²) in [5, 5.41) is 3.13. The van der Waals surface area contributed by atoms with Crippen LogP contribution in [0.3, 0.4) is 0 Å². The molecule has 120 valence electrons. The summed E-state index contributed by atoms with van der Waals surface area (Å²) < 4.78 is 0. The minimum atomic E-state index is 0.0450. The SMILES string of the molecule is CC(C)/C=C/C(=O)N[C@H]1CCCN(CCc2ccccc2)C1. The smallest absolute Gasteiger partial charge is 0.243 e. The van der Waals surface area contributed by atoms with E-state index in [1.54, 1.807) is 6.08 Å². The lowest BCUT2D eigenvalue weighted by molar-refractivity contribution is -0.117. The number of hydrogen-bond donors (Lipinski definition) is 1. The Bertz CT molecular complexity index is 481. The minimum absolute atomic E-state index is 0.0450. The Labute approximate surface area is 134 Å². The first-order chi connectivity index (χ1) is 10.6.